The van der Waals surface area contributed by atoms with E-state index in [-0.39, 0.29) is 28.3 Å². The Kier molecular flexibility index (Phi) is 6.22. The maximum atomic E-state index is 13.1. The molecular formula is C18H21F3N2O4S. The molecule has 1 aromatic heterocycles. The van der Waals surface area contributed by atoms with Gasteiger partial charge in [0, 0.05) is 12.6 Å². The van der Waals surface area contributed by atoms with E-state index in [2.05, 4.69) is 5.10 Å². The maximum Gasteiger partial charge on any atom is 0.416 e. The predicted molar refractivity (Wildman–Crippen MR) is 97.2 cm³/mol. The molecule has 2 rings (SSSR count). The van der Waals surface area contributed by atoms with Gasteiger partial charge < -0.3 is 4.74 Å². The van der Waals surface area contributed by atoms with Gasteiger partial charge in [0.1, 0.15) is 5.56 Å². The normalized spacial score (nSPS) is 12.2. The minimum atomic E-state index is -4.66. The molecule has 0 unspecified atom stereocenters. The fraction of sp³-hybridized carbons (Fsp3) is 0.444. The SMILES string of the molecule is CCCS(=O)(=O)Cc1cc(C(F)(F)F)ccc1C(=O)c1c(C)nn(C)c1OC. The van der Waals surface area contributed by atoms with Gasteiger partial charge in [0.05, 0.1) is 29.9 Å². The van der Waals surface area contributed by atoms with Crippen LogP contribution in [0.1, 0.15) is 46.1 Å². The fourth-order valence-corrected chi connectivity index (χ4v) is 4.48. The van der Waals surface area contributed by atoms with Crippen LogP contribution in [0.2, 0.25) is 0 Å². The molecule has 0 bridgehead atoms. The summed E-state index contributed by atoms with van der Waals surface area (Å²) in [6, 6.07) is 2.49. The third-order valence-corrected chi connectivity index (χ3v) is 5.94. The van der Waals surface area contributed by atoms with E-state index < -0.39 is 33.1 Å². The summed E-state index contributed by atoms with van der Waals surface area (Å²) >= 11 is 0. The number of methoxy groups -OCH3 is 1. The summed E-state index contributed by atoms with van der Waals surface area (Å²) < 4.78 is 70.3. The monoisotopic (exact) mass is 418 g/mol. The molecule has 1 heterocycles. The lowest BCUT2D eigenvalue weighted by Gasteiger charge is -2.14. The largest absolute Gasteiger partial charge is 0.481 e. The summed E-state index contributed by atoms with van der Waals surface area (Å²) in [5.74, 6) is -1.35. The quantitative estimate of drug-likeness (QED) is 0.645. The molecule has 0 aliphatic heterocycles. The molecule has 0 radical (unpaired) electrons. The first-order chi connectivity index (χ1) is 12.9. The van der Waals surface area contributed by atoms with E-state index in [4.69, 9.17) is 4.74 Å². The highest BCUT2D eigenvalue weighted by Gasteiger charge is 2.33. The summed E-state index contributed by atoms with van der Waals surface area (Å²) in [5.41, 5.74) is -0.924. The zero-order valence-electron chi connectivity index (χ0n) is 15.9. The van der Waals surface area contributed by atoms with Crippen molar-refractivity contribution in [3.63, 3.8) is 0 Å². The number of ketones is 1. The van der Waals surface area contributed by atoms with Crippen molar-refractivity contribution in [1.29, 1.82) is 0 Å². The number of halogens is 3. The van der Waals surface area contributed by atoms with E-state index in [9.17, 15) is 26.4 Å². The number of carbonyl (C=O) groups excluding carboxylic acids is 1. The molecule has 2 aromatic rings. The van der Waals surface area contributed by atoms with Crippen molar-refractivity contribution in [3.8, 4) is 5.88 Å². The number of nitrogens with zero attached hydrogens (tertiary/aromatic N) is 2. The third kappa shape index (κ3) is 4.54. The van der Waals surface area contributed by atoms with Crippen LogP contribution in [-0.2, 0) is 28.8 Å². The highest BCUT2D eigenvalue weighted by atomic mass is 32.2. The van der Waals surface area contributed by atoms with Crippen molar-refractivity contribution >= 4 is 15.6 Å². The topological polar surface area (TPSA) is 78.3 Å². The van der Waals surface area contributed by atoms with Gasteiger partial charge in [0.15, 0.2) is 9.84 Å². The summed E-state index contributed by atoms with van der Waals surface area (Å²) in [6.45, 7) is 3.22. The smallest absolute Gasteiger partial charge is 0.416 e. The Labute approximate surface area is 161 Å². The highest BCUT2D eigenvalue weighted by Crippen LogP contribution is 2.33. The zero-order valence-corrected chi connectivity index (χ0v) is 16.7. The molecule has 0 spiro atoms. The highest BCUT2D eigenvalue weighted by molar-refractivity contribution is 7.90. The van der Waals surface area contributed by atoms with Gasteiger partial charge in [-0.2, -0.15) is 18.3 Å². The molecule has 154 valence electrons. The van der Waals surface area contributed by atoms with Crippen LogP contribution in [0.3, 0.4) is 0 Å². The van der Waals surface area contributed by atoms with Crippen molar-refractivity contribution in [2.75, 3.05) is 12.9 Å². The Morgan fingerprint density at radius 1 is 1.29 bits per heavy atom. The minimum Gasteiger partial charge on any atom is -0.481 e. The van der Waals surface area contributed by atoms with Gasteiger partial charge in [0.25, 0.3) is 0 Å². The van der Waals surface area contributed by atoms with E-state index >= 15 is 0 Å². The number of sulfone groups is 1. The Bertz CT molecular complexity index is 995. The van der Waals surface area contributed by atoms with E-state index in [0.717, 1.165) is 18.2 Å². The minimum absolute atomic E-state index is 0.0823. The number of carbonyl (C=O) groups is 1. The number of ether oxygens (including phenoxy) is 1. The maximum absolute atomic E-state index is 13.1. The molecule has 0 aliphatic carbocycles. The van der Waals surface area contributed by atoms with E-state index in [0.29, 0.717) is 12.1 Å². The number of hydrogen-bond donors (Lipinski definition) is 0. The van der Waals surface area contributed by atoms with Gasteiger partial charge in [-0.25, -0.2) is 13.1 Å². The first kappa shape index (κ1) is 21.9. The molecule has 1 aromatic carbocycles. The van der Waals surface area contributed by atoms with Crippen LogP contribution in [0, 0.1) is 6.92 Å². The number of aromatic nitrogens is 2. The standard InChI is InChI=1S/C18H21F3N2O4S/c1-5-8-28(25,26)10-12-9-13(18(19,20)21)6-7-14(12)16(24)15-11(2)22-23(3)17(15)27-4/h6-7,9H,5,8,10H2,1-4H3. The predicted octanol–water partition coefficient (Wildman–Crippen LogP) is 3.31. The molecule has 0 N–H and O–H groups in total. The van der Waals surface area contributed by atoms with Crippen LogP contribution in [0.15, 0.2) is 18.2 Å². The van der Waals surface area contributed by atoms with Gasteiger partial charge in [-0.1, -0.05) is 13.0 Å². The first-order valence-corrected chi connectivity index (χ1v) is 10.3. The molecule has 0 atom stereocenters. The lowest BCUT2D eigenvalue weighted by atomic mass is 9.97. The molecule has 0 saturated heterocycles. The van der Waals surface area contributed by atoms with Crippen LogP contribution in [0.25, 0.3) is 0 Å². The van der Waals surface area contributed by atoms with E-state index in [1.54, 1.807) is 20.9 Å². The number of aryl methyl sites for hydroxylation is 2. The number of benzene rings is 1. The van der Waals surface area contributed by atoms with Gasteiger partial charge in [-0.15, -0.1) is 0 Å². The first-order valence-electron chi connectivity index (χ1n) is 8.44. The van der Waals surface area contributed by atoms with Crippen LogP contribution in [0.5, 0.6) is 5.88 Å². The molecule has 6 nitrogen and oxygen atoms in total. The van der Waals surface area contributed by atoms with Crippen molar-refractivity contribution in [2.45, 2.75) is 32.2 Å². The molecule has 10 heteroatoms. The second-order valence-electron chi connectivity index (χ2n) is 6.38. The lowest BCUT2D eigenvalue weighted by Crippen LogP contribution is -2.16. The van der Waals surface area contributed by atoms with Crippen molar-refractivity contribution < 1.29 is 31.1 Å². The van der Waals surface area contributed by atoms with E-state index in [1.807, 2.05) is 0 Å². The van der Waals surface area contributed by atoms with Crippen LogP contribution in [-0.4, -0.2) is 36.8 Å². The van der Waals surface area contributed by atoms with Gasteiger partial charge >= 0.3 is 6.18 Å². The van der Waals surface area contributed by atoms with Gasteiger partial charge in [-0.3, -0.25) is 4.79 Å². The summed E-state index contributed by atoms with van der Waals surface area (Å²) in [5, 5.41) is 4.09. The summed E-state index contributed by atoms with van der Waals surface area (Å²) in [4.78, 5) is 13.1. The molecule has 0 saturated carbocycles. The van der Waals surface area contributed by atoms with Crippen LogP contribution < -0.4 is 4.74 Å². The molecule has 28 heavy (non-hydrogen) atoms. The molecule has 0 fully saturated rings. The Morgan fingerprint density at radius 2 is 1.93 bits per heavy atom. The van der Waals surface area contributed by atoms with Crippen LogP contribution in [0.4, 0.5) is 13.2 Å². The van der Waals surface area contributed by atoms with Crippen molar-refractivity contribution in [1.82, 2.24) is 9.78 Å². The average molecular weight is 418 g/mol. The van der Waals surface area contributed by atoms with E-state index in [1.165, 1.54) is 11.8 Å². The van der Waals surface area contributed by atoms with Gasteiger partial charge in [-0.05, 0) is 31.0 Å². The van der Waals surface area contributed by atoms with Crippen LogP contribution >= 0.6 is 0 Å². The van der Waals surface area contributed by atoms with Gasteiger partial charge in [0.2, 0.25) is 11.7 Å². The molecule has 0 aliphatic rings. The third-order valence-electron chi connectivity index (χ3n) is 4.16. The second kappa shape index (κ2) is 7.94. The average Bonchev–Trinajstić information content (AvgIpc) is 2.86. The molecular weight excluding hydrogens is 397 g/mol. The Hall–Kier alpha value is -2.36. The Balaban J connectivity index is 2.65. The fourth-order valence-electron chi connectivity index (χ4n) is 3.00. The number of alkyl halides is 3. The zero-order chi connectivity index (χ0) is 21.3. The molecule has 0 amide bonds. The number of hydrogen-bond acceptors (Lipinski definition) is 5. The number of rotatable bonds is 7. The summed E-state index contributed by atoms with van der Waals surface area (Å²) in [6.07, 6.45) is -4.34. The second-order valence-corrected chi connectivity index (χ2v) is 8.57. The lowest BCUT2D eigenvalue weighted by molar-refractivity contribution is -0.137. The summed E-state index contributed by atoms with van der Waals surface area (Å²) in [7, 11) is -0.780. The Morgan fingerprint density at radius 3 is 2.46 bits per heavy atom. The van der Waals surface area contributed by atoms with Crippen molar-refractivity contribution in [2.24, 2.45) is 7.05 Å². The van der Waals surface area contributed by atoms with Crippen molar-refractivity contribution in [3.05, 3.63) is 46.1 Å².